The molecule has 0 radical (unpaired) electrons. The Labute approximate surface area is 141 Å². The lowest BCUT2D eigenvalue weighted by Gasteiger charge is -2.27. The third kappa shape index (κ3) is 3.86. The number of Topliss-reactive ketones (excluding diaryl/α,β-unsaturated/α-hetero) is 1. The molecule has 1 fully saturated rings. The third-order valence-corrected chi connectivity index (χ3v) is 4.66. The van der Waals surface area contributed by atoms with Gasteiger partial charge < -0.3 is 9.52 Å². The van der Waals surface area contributed by atoms with Crippen molar-refractivity contribution >= 4 is 16.8 Å². The summed E-state index contributed by atoms with van der Waals surface area (Å²) in [5.41, 5.74) is -0.869. The van der Waals surface area contributed by atoms with Crippen molar-refractivity contribution in [3.63, 3.8) is 0 Å². The number of halogens is 3. The SMILES string of the molecule is O=C(CCC1CCC(F)(F)CC1)c1cc(=O)c2cc(F)cc(O)c2o1. The van der Waals surface area contributed by atoms with E-state index in [-0.39, 0.29) is 41.9 Å². The van der Waals surface area contributed by atoms with Crippen LogP contribution in [-0.4, -0.2) is 16.8 Å². The van der Waals surface area contributed by atoms with Crippen molar-refractivity contribution in [3.05, 3.63) is 40.0 Å². The average molecular weight is 354 g/mol. The predicted octanol–water partition coefficient (Wildman–Crippen LogP) is 4.43. The second-order valence-corrected chi connectivity index (χ2v) is 6.54. The van der Waals surface area contributed by atoms with Gasteiger partial charge in [0.2, 0.25) is 5.92 Å². The van der Waals surface area contributed by atoms with Gasteiger partial charge in [-0.15, -0.1) is 0 Å². The van der Waals surface area contributed by atoms with E-state index in [4.69, 9.17) is 4.42 Å². The minimum atomic E-state index is -2.61. The summed E-state index contributed by atoms with van der Waals surface area (Å²) in [6.45, 7) is 0. The number of carbonyl (C=O) groups is 1. The number of hydrogen-bond donors (Lipinski definition) is 1. The molecule has 0 atom stereocenters. The Bertz CT molecular complexity index is 862. The zero-order chi connectivity index (χ0) is 18.2. The Hall–Kier alpha value is -2.31. The number of alkyl halides is 2. The highest BCUT2D eigenvalue weighted by atomic mass is 19.3. The largest absolute Gasteiger partial charge is 0.504 e. The first-order chi connectivity index (χ1) is 11.7. The van der Waals surface area contributed by atoms with Gasteiger partial charge in [0.25, 0.3) is 0 Å². The van der Waals surface area contributed by atoms with Crippen LogP contribution in [0.4, 0.5) is 13.2 Å². The third-order valence-electron chi connectivity index (χ3n) is 4.66. The molecule has 1 aliphatic carbocycles. The molecular weight excluding hydrogens is 337 g/mol. The Morgan fingerprint density at radius 3 is 2.60 bits per heavy atom. The van der Waals surface area contributed by atoms with Crippen molar-refractivity contribution < 1.29 is 27.5 Å². The van der Waals surface area contributed by atoms with Crippen LogP contribution in [0.15, 0.2) is 27.4 Å². The van der Waals surface area contributed by atoms with Crippen molar-refractivity contribution in [2.75, 3.05) is 0 Å². The normalized spacial score (nSPS) is 17.7. The topological polar surface area (TPSA) is 67.5 Å². The van der Waals surface area contributed by atoms with E-state index in [0.717, 1.165) is 18.2 Å². The number of fused-ring (bicyclic) bond motifs is 1. The molecule has 2 aromatic rings. The first-order valence-corrected chi connectivity index (χ1v) is 8.12. The summed E-state index contributed by atoms with van der Waals surface area (Å²) in [5, 5.41) is 9.56. The van der Waals surface area contributed by atoms with E-state index >= 15 is 0 Å². The van der Waals surface area contributed by atoms with E-state index in [1.54, 1.807) is 0 Å². The van der Waals surface area contributed by atoms with E-state index in [1.165, 1.54) is 0 Å². The maximum absolute atomic E-state index is 13.3. The lowest BCUT2D eigenvalue weighted by molar-refractivity contribution is -0.0464. The van der Waals surface area contributed by atoms with Gasteiger partial charge in [0.05, 0.1) is 5.39 Å². The van der Waals surface area contributed by atoms with Crippen LogP contribution in [0.25, 0.3) is 11.0 Å². The van der Waals surface area contributed by atoms with Gasteiger partial charge in [-0.2, -0.15) is 0 Å². The van der Waals surface area contributed by atoms with Crippen LogP contribution in [0.1, 0.15) is 49.1 Å². The zero-order valence-corrected chi connectivity index (χ0v) is 13.4. The number of phenols is 1. The second-order valence-electron chi connectivity index (χ2n) is 6.54. The summed E-state index contributed by atoms with van der Waals surface area (Å²) in [6.07, 6.45) is 0.884. The van der Waals surface area contributed by atoms with E-state index in [2.05, 4.69) is 0 Å². The van der Waals surface area contributed by atoms with E-state index in [0.29, 0.717) is 19.3 Å². The molecule has 25 heavy (non-hydrogen) atoms. The first kappa shape index (κ1) is 17.5. The number of rotatable bonds is 4. The standard InChI is InChI=1S/C18H17F3O4/c19-11-7-12-14(23)9-16(25-17(12)15(24)8-11)13(22)2-1-10-3-5-18(20,21)6-4-10/h7-10,24H,1-6H2. The Balaban J connectivity index is 1.73. The average Bonchev–Trinajstić information content (AvgIpc) is 2.54. The second kappa shape index (κ2) is 6.54. The summed E-state index contributed by atoms with van der Waals surface area (Å²) in [7, 11) is 0. The molecule has 4 nitrogen and oxygen atoms in total. The Kier molecular flexibility index (Phi) is 4.58. The van der Waals surface area contributed by atoms with Gasteiger partial charge in [-0.1, -0.05) is 0 Å². The smallest absolute Gasteiger partial charge is 0.248 e. The molecule has 0 aliphatic heterocycles. The highest BCUT2D eigenvalue weighted by Gasteiger charge is 2.34. The highest BCUT2D eigenvalue weighted by Crippen LogP contribution is 2.38. The van der Waals surface area contributed by atoms with Gasteiger partial charge in [-0.3, -0.25) is 9.59 Å². The zero-order valence-electron chi connectivity index (χ0n) is 13.4. The summed E-state index contributed by atoms with van der Waals surface area (Å²) in [4.78, 5) is 24.3. The Morgan fingerprint density at radius 1 is 1.24 bits per heavy atom. The minimum absolute atomic E-state index is 0.0400. The molecule has 0 bridgehead atoms. The fourth-order valence-corrected chi connectivity index (χ4v) is 3.19. The molecule has 1 saturated carbocycles. The van der Waals surface area contributed by atoms with Crippen LogP contribution < -0.4 is 5.43 Å². The molecule has 1 aromatic heterocycles. The maximum atomic E-state index is 13.3. The quantitative estimate of drug-likeness (QED) is 0.825. The maximum Gasteiger partial charge on any atom is 0.248 e. The molecule has 134 valence electrons. The molecule has 1 heterocycles. The monoisotopic (exact) mass is 354 g/mol. The minimum Gasteiger partial charge on any atom is -0.504 e. The van der Waals surface area contributed by atoms with Crippen molar-refractivity contribution in [2.24, 2.45) is 5.92 Å². The van der Waals surface area contributed by atoms with E-state index < -0.39 is 28.7 Å². The summed E-state index contributed by atoms with van der Waals surface area (Å²) in [6, 6.07) is 2.69. The number of ketones is 1. The number of hydrogen-bond acceptors (Lipinski definition) is 4. The molecule has 1 aliphatic rings. The highest BCUT2D eigenvalue weighted by molar-refractivity contribution is 5.95. The van der Waals surface area contributed by atoms with Crippen molar-refractivity contribution in [3.8, 4) is 5.75 Å². The van der Waals surface area contributed by atoms with Crippen molar-refractivity contribution in [1.82, 2.24) is 0 Å². The van der Waals surface area contributed by atoms with Gasteiger partial charge in [-0.25, -0.2) is 13.2 Å². The lowest BCUT2D eigenvalue weighted by Crippen LogP contribution is -2.24. The molecule has 1 N–H and O–H groups in total. The number of aromatic hydroxyl groups is 1. The predicted molar refractivity (Wildman–Crippen MR) is 84.6 cm³/mol. The molecule has 0 spiro atoms. The van der Waals surface area contributed by atoms with E-state index in [9.17, 15) is 27.9 Å². The van der Waals surface area contributed by atoms with Gasteiger partial charge in [0, 0.05) is 31.4 Å². The lowest BCUT2D eigenvalue weighted by atomic mass is 9.83. The molecular formula is C18H17F3O4. The van der Waals surface area contributed by atoms with Crippen molar-refractivity contribution in [2.45, 2.75) is 44.4 Å². The van der Waals surface area contributed by atoms with Gasteiger partial charge in [0.1, 0.15) is 5.82 Å². The summed E-state index contributed by atoms with van der Waals surface area (Å²) < 4.78 is 44.8. The molecule has 1 aromatic carbocycles. The first-order valence-electron chi connectivity index (χ1n) is 8.12. The van der Waals surface area contributed by atoms with Crippen molar-refractivity contribution in [1.29, 1.82) is 0 Å². The van der Waals surface area contributed by atoms with Crippen LogP contribution in [0.3, 0.4) is 0 Å². The van der Waals surface area contributed by atoms with Crippen LogP contribution >= 0.6 is 0 Å². The summed E-state index contributed by atoms with van der Waals surface area (Å²) >= 11 is 0. The van der Waals surface area contributed by atoms with E-state index in [1.807, 2.05) is 0 Å². The molecule has 0 unspecified atom stereocenters. The van der Waals surface area contributed by atoms with Crippen LogP contribution in [0, 0.1) is 11.7 Å². The molecule has 7 heteroatoms. The fraction of sp³-hybridized carbons (Fsp3) is 0.444. The van der Waals surface area contributed by atoms with Crippen LogP contribution in [0.2, 0.25) is 0 Å². The number of carbonyl (C=O) groups excluding carboxylic acids is 1. The van der Waals surface area contributed by atoms with Gasteiger partial charge >= 0.3 is 0 Å². The Morgan fingerprint density at radius 2 is 1.92 bits per heavy atom. The number of phenolic OH excluding ortho intramolecular Hbond substituents is 1. The van der Waals surface area contributed by atoms with Crippen LogP contribution in [0.5, 0.6) is 5.75 Å². The molecule has 0 saturated heterocycles. The summed E-state index contributed by atoms with van der Waals surface area (Å²) in [5.74, 6) is -4.58. The fourth-order valence-electron chi connectivity index (χ4n) is 3.19. The number of benzene rings is 1. The van der Waals surface area contributed by atoms with Gasteiger partial charge in [0.15, 0.2) is 28.3 Å². The van der Waals surface area contributed by atoms with Crippen LogP contribution in [-0.2, 0) is 0 Å². The molecule has 0 amide bonds. The molecule has 3 rings (SSSR count). The van der Waals surface area contributed by atoms with Gasteiger partial charge in [-0.05, 0) is 31.2 Å².